The van der Waals surface area contributed by atoms with Crippen molar-refractivity contribution < 1.29 is 23.0 Å². The predicted molar refractivity (Wildman–Crippen MR) is 48.9 cm³/mol. The van der Waals surface area contributed by atoms with Crippen LogP contribution in [-0.4, -0.2) is 26.3 Å². The molecule has 0 atom stereocenters. The lowest BCUT2D eigenvalue weighted by Gasteiger charge is -2.14. The van der Waals surface area contributed by atoms with E-state index in [2.05, 4.69) is 4.98 Å². The fourth-order valence-corrected chi connectivity index (χ4v) is 1.18. The van der Waals surface area contributed by atoms with Crippen LogP contribution in [0.25, 0.3) is 0 Å². The highest BCUT2D eigenvalue weighted by Gasteiger charge is 2.24. The van der Waals surface area contributed by atoms with E-state index in [1.807, 2.05) is 0 Å². The van der Waals surface area contributed by atoms with E-state index in [0.717, 1.165) is 0 Å². The van der Waals surface area contributed by atoms with Gasteiger partial charge in [-0.1, -0.05) is 0 Å². The zero-order chi connectivity index (χ0) is 11.4. The quantitative estimate of drug-likeness (QED) is 0.777. The summed E-state index contributed by atoms with van der Waals surface area (Å²) in [7, 11) is 3.88. The number of methoxy groups -OCH3 is 3. The van der Waals surface area contributed by atoms with Crippen molar-refractivity contribution in [2.75, 3.05) is 21.3 Å². The standard InChI is InChI=1S/C9H11F2NO3/c1-13-5-4-12-9(15-3)7(14-2)6(5)8(10)11/h4,8H,1-3H3. The van der Waals surface area contributed by atoms with Gasteiger partial charge in [0.25, 0.3) is 12.3 Å². The molecule has 84 valence electrons. The highest BCUT2D eigenvalue weighted by Crippen LogP contribution is 2.41. The molecule has 6 heteroatoms. The van der Waals surface area contributed by atoms with E-state index in [-0.39, 0.29) is 22.9 Å². The lowest BCUT2D eigenvalue weighted by molar-refractivity contribution is 0.141. The molecule has 1 heterocycles. The van der Waals surface area contributed by atoms with Crippen molar-refractivity contribution in [1.29, 1.82) is 0 Å². The molecule has 0 aliphatic heterocycles. The summed E-state index contributed by atoms with van der Waals surface area (Å²) in [5.41, 5.74) is -0.355. The van der Waals surface area contributed by atoms with Gasteiger partial charge in [-0.25, -0.2) is 13.8 Å². The number of rotatable bonds is 4. The zero-order valence-corrected chi connectivity index (χ0v) is 8.58. The third-order valence-electron chi connectivity index (χ3n) is 1.84. The van der Waals surface area contributed by atoms with Crippen molar-refractivity contribution >= 4 is 0 Å². The summed E-state index contributed by atoms with van der Waals surface area (Å²) >= 11 is 0. The smallest absolute Gasteiger partial charge is 0.271 e. The van der Waals surface area contributed by atoms with Crippen molar-refractivity contribution in [1.82, 2.24) is 4.98 Å². The molecule has 15 heavy (non-hydrogen) atoms. The average molecular weight is 219 g/mol. The predicted octanol–water partition coefficient (Wildman–Crippen LogP) is 2.04. The van der Waals surface area contributed by atoms with Crippen LogP contribution in [0.1, 0.15) is 12.0 Å². The number of halogens is 2. The maximum absolute atomic E-state index is 12.7. The van der Waals surface area contributed by atoms with E-state index in [4.69, 9.17) is 14.2 Å². The minimum Gasteiger partial charge on any atom is -0.494 e. The maximum atomic E-state index is 12.7. The molecule has 1 aromatic heterocycles. The summed E-state index contributed by atoms with van der Waals surface area (Å²) in [5, 5.41) is 0. The normalized spacial score (nSPS) is 10.3. The van der Waals surface area contributed by atoms with E-state index in [1.165, 1.54) is 27.5 Å². The molecule has 0 saturated carbocycles. The largest absolute Gasteiger partial charge is 0.494 e. The van der Waals surface area contributed by atoms with Gasteiger partial charge in [0.2, 0.25) is 0 Å². The minimum atomic E-state index is -2.72. The van der Waals surface area contributed by atoms with Crippen LogP contribution in [0.15, 0.2) is 6.20 Å². The van der Waals surface area contributed by atoms with E-state index < -0.39 is 6.43 Å². The average Bonchev–Trinajstić information content (AvgIpc) is 2.26. The molecule has 0 amide bonds. The topological polar surface area (TPSA) is 40.6 Å². The first kappa shape index (κ1) is 11.5. The molecule has 0 fully saturated rings. The summed E-state index contributed by atoms with van der Waals surface area (Å²) in [6.07, 6.45) is -1.55. The molecule has 0 spiro atoms. The first-order chi connectivity index (χ1) is 7.15. The molecule has 0 saturated heterocycles. The van der Waals surface area contributed by atoms with Crippen LogP contribution in [0.4, 0.5) is 8.78 Å². The van der Waals surface area contributed by atoms with E-state index >= 15 is 0 Å². The van der Waals surface area contributed by atoms with Gasteiger partial charge in [0.15, 0.2) is 5.75 Å². The van der Waals surface area contributed by atoms with Crippen LogP contribution in [-0.2, 0) is 0 Å². The monoisotopic (exact) mass is 219 g/mol. The van der Waals surface area contributed by atoms with Crippen LogP contribution in [0.2, 0.25) is 0 Å². The van der Waals surface area contributed by atoms with Crippen molar-refractivity contribution in [2.24, 2.45) is 0 Å². The molecule has 0 aliphatic rings. The number of pyridine rings is 1. The second kappa shape index (κ2) is 4.77. The lowest BCUT2D eigenvalue weighted by atomic mass is 10.2. The third-order valence-corrected chi connectivity index (χ3v) is 1.84. The Hall–Kier alpha value is -1.59. The Balaban J connectivity index is 3.37. The van der Waals surface area contributed by atoms with Gasteiger partial charge in [0.05, 0.1) is 27.5 Å². The fourth-order valence-electron chi connectivity index (χ4n) is 1.18. The number of aromatic nitrogens is 1. The molecular weight excluding hydrogens is 208 g/mol. The Morgan fingerprint density at radius 2 is 1.80 bits per heavy atom. The molecule has 0 N–H and O–H groups in total. The molecule has 1 aromatic rings. The Bertz CT molecular complexity index is 344. The molecule has 0 aromatic carbocycles. The lowest BCUT2D eigenvalue weighted by Crippen LogP contribution is -2.01. The SMILES string of the molecule is COc1cnc(OC)c(OC)c1C(F)F. The van der Waals surface area contributed by atoms with Crippen LogP contribution in [0, 0.1) is 0 Å². The molecule has 1 rings (SSSR count). The molecule has 0 radical (unpaired) electrons. The third kappa shape index (κ3) is 2.08. The Kier molecular flexibility index (Phi) is 3.65. The van der Waals surface area contributed by atoms with E-state index in [0.29, 0.717) is 0 Å². The number of hydrogen-bond donors (Lipinski definition) is 0. The van der Waals surface area contributed by atoms with Crippen LogP contribution in [0.3, 0.4) is 0 Å². The van der Waals surface area contributed by atoms with Crippen molar-refractivity contribution in [2.45, 2.75) is 6.43 Å². The zero-order valence-electron chi connectivity index (χ0n) is 8.58. The van der Waals surface area contributed by atoms with Gasteiger partial charge in [-0.15, -0.1) is 0 Å². The Morgan fingerprint density at radius 1 is 1.13 bits per heavy atom. The first-order valence-corrected chi connectivity index (χ1v) is 4.08. The molecule has 0 unspecified atom stereocenters. The Labute approximate surface area is 85.8 Å². The van der Waals surface area contributed by atoms with Gasteiger partial charge >= 0.3 is 0 Å². The van der Waals surface area contributed by atoms with Gasteiger partial charge in [0.1, 0.15) is 11.3 Å². The molecule has 4 nitrogen and oxygen atoms in total. The summed E-state index contributed by atoms with van der Waals surface area (Å²) in [4.78, 5) is 3.78. The van der Waals surface area contributed by atoms with Crippen LogP contribution >= 0.6 is 0 Å². The Morgan fingerprint density at radius 3 is 2.20 bits per heavy atom. The van der Waals surface area contributed by atoms with Crippen molar-refractivity contribution in [3.05, 3.63) is 11.8 Å². The fraction of sp³-hybridized carbons (Fsp3) is 0.444. The molecule has 0 aliphatic carbocycles. The van der Waals surface area contributed by atoms with E-state index in [1.54, 1.807) is 0 Å². The highest BCUT2D eigenvalue weighted by atomic mass is 19.3. The van der Waals surface area contributed by atoms with Crippen molar-refractivity contribution in [3.8, 4) is 17.4 Å². The van der Waals surface area contributed by atoms with Crippen LogP contribution in [0.5, 0.6) is 17.4 Å². The van der Waals surface area contributed by atoms with E-state index in [9.17, 15) is 8.78 Å². The number of alkyl halides is 2. The number of nitrogens with zero attached hydrogens (tertiary/aromatic N) is 1. The summed E-state index contributed by atoms with van der Waals surface area (Å²) < 4.78 is 39.9. The van der Waals surface area contributed by atoms with Gasteiger partial charge in [-0.05, 0) is 0 Å². The van der Waals surface area contributed by atoms with Gasteiger partial charge in [0, 0.05) is 0 Å². The summed E-state index contributed by atoms with van der Waals surface area (Å²) in [6, 6.07) is 0. The van der Waals surface area contributed by atoms with Gasteiger partial charge < -0.3 is 14.2 Å². The minimum absolute atomic E-state index is 0.00796. The number of ether oxygens (including phenoxy) is 3. The summed E-state index contributed by atoms with van der Waals surface area (Å²) in [5.74, 6) is -0.122. The second-order valence-corrected chi connectivity index (χ2v) is 2.58. The first-order valence-electron chi connectivity index (χ1n) is 4.08. The van der Waals surface area contributed by atoms with Gasteiger partial charge in [-0.3, -0.25) is 0 Å². The van der Waals surface area contributed by atoms with Gasteiger partial charge in [-0.2, -0.15) is 0 Å². The highest BCUT2D eigenvalue weighted by molar-refractivity contribution is 5.50. The number of hydrogen-bond acceptors (Lipinski definition) is 4. The second-order valence-electron chi connectivity index (χ2n) is 2.58. The maximum Gasteiger partial charge on any atom is 0.271 e. The molecule has 0 bridgehead atoms. The van der Waals surface area contributed by atoms with Crippen LogP contribution < -0.4 is 14.2 Å². The summed E-state index contributed by atoms with van der Waals surface area (Å²) in [6.45, 7) is 0. The van der Waals surface area contributed by atoms with Crippen molar-refractivity contribution in [3.63, 3.8) is 0 Å². The molecular formula is C9H11F2NO3.